The normalized spacial score (nSPS) is 29.1. The lowest BCUT2D eigenvalue weighted by molar-refractivity contribution is -0.121. The molecule has 0 aromatic rings. The Morgan fingerprint density at radius 2 is 2.25 bits per heavy atom. The van der Waals surface area contributed by atoms with Gasteiger partial charge >= 0.3 is 0 Å². The summed E-state index contributed by atoms with van der Waals surface area (Å²) >= 11 is 0. The minimum Gasteiger partial charge on any atom is -0.369 e. The van der Waals surface area contributed by atoms with Crippen LogP contribution in [0.4, 0.5) is 0 Å². The summed E-state index contributed by atoms with van der Waals surface area (Å²) in [5, 5.41) is 0. The molecule has 0 aromatic heterocycles. The molecule has 0 bridgehead atoms. The molecule has 1 amide bonds. The second-order valence-electron chi connectivity index (χ2n) is 3.92. The van der Waals surface area contributed by atoms with Crippen LogP contribution < -0.4 is 5.73 Å². The van der Waals surface area contributed by atoms with Crippen LogP contribution in [-0.2, 0) is 4.79 Å². The highest BCUT2D eigenvalue weighted by atomic mass is 16.1. The highest BCUT2D eigenvalue weighted by Gasteiger charge is 2.27. The number of amides is 1. The molecule has 2 unspecified atom stereocenters. The molecule has 12 heavy (non-hydrogen) atoms. The third-order valence-electron chi connectivity index (χ3n) is 2.91. The fourth-order valence-electron chi connectivity index (χ4n) is 2.09. The van der Waals surface area contributed by atoms with Gasteiger partial charge in [0, 0.05) is 5.92 Å². The van der Waals surface area contributed by atoms with Gasteiger partial charge in [0.15, 0.2) is 0 Å². The summed E-state index contributed by atoms with van der Waals surface area (Å²) in [5.41, 5.74) is 5.25. The Morgan fingerprint density at radius 3 is 2.75 bits per heavy atom. The first-order valence-corrected chi connectivity index (χ1v) is 5.03. The Kier molecular flexibility index (Phi) is 3.57. The summed E-state index contributed by atoms with van der Waals surface area (Å²) in [6, 6.07) is 0. The van der Waals surface area contributed by atoms with E-state index in [0.29, 0.717) is 0 Å². The van der Waals surface area contributed by atoms with E-state index in [4.69, 9.17) is 5.73 Å². The van der Waals surface area contributed by atoms with Crippen molar-refractivity contribution in [3.8, 4) is 0 Å². The Bertz CT molecular complexity index is 156. The van der Waals surface area contributed by atoms with Crippen LogP contribution >= 0.6 is 0 Å². The van der Waals surface area contributed by atoms with Crippen LogP contribution in [0.2, 0.25) is 0 Å². The fraction of sp³-hybridized carbons (Fsp3) is 0.900. The van der Waals surface area contributed by atoms with Crippen LogP contribution in [0, 0.1) is 11.8 Å². The van der Waals surface area contributed by atoms with Crippen LogP contribution in [0.25, 0.3) is 0 Å². The number of hydrogen-bond donors (Lipinski definition) is 1. The summed E-state index contributed by atoms with van der Waals surface area (Å²) in [6.07, 6.45) is 7.15. The zero-order valence-corrected chi connectivity index (χ0v) is 7.88. The molecule has 1 saturated carbocycles. The van der Waals surface area contributed by atoms with Crippen molar-refractivity contribution >= 4 is 5.91 Å². The molecule has 1 aliphatic rings. The van der Waals surface area contributed by atoms with Gasteiger partial charge in [-0.25, -0.2) is 0 Å². The largest absolute Gasteiger partial charge is 0.369 e. The number of rotatable bonds is 4. The second kappa shape index (κ2) is 4.48. The first-order chi connectivity index (χ1) is 5.74. The van der Waals surface area contributed by atoms with E-state index < -0.39 is 0 Å². The lowest BCUT2D eigenvalue weighted by atomic mass is 9.99. The maximum atomic E-state index is 10.8. The maximum absolute atomic E-state index is 10.8. The fourth-order valence-corrected chi connectivity index (χ4v) is 2.09. The Balaban J connectivity index is 2.21. The molecule has 0 aliphatic heterocycles. The highest BCUT2D eigenvalue weighted by molar-refractivity contribution is 5.76. The Morgan fingerprint density at radius 1 is 1.50 bits per heavy atom. The monoisotopic (exact) mass is 169 g/mol. The lowest BCUT2D eigenvalue weighted by Gasteiger charge is -2.07. The molecule has 2 nitrogen and oxygen atoms in total. The molecule has 2 heteroatoms. The van der Waals surface area contributed by atoms with E-state index in [0.717, 1.165) is 18.8 Å². The van der Waals surface area contributed by atoms with Crippen molar-refractivity contribution in [2.24, 2.45) is 17.6 Å². The van der Waals surface area contributed by atoms with Gasteiger partial charge < -0.3 is 5.73 Å². The number of unbranched alkanes of at least 4 members (excludes halogenated alkanes) is 1. The predicted octanol–water partition coefficient (Wildman–Crippen LogP) is 2.08. The van der Waals surface area contributed by atoms with Gasteiger partial charge in [-0.05, 0) is 25.2 Å². The van der Waals surface area contributed by atoms with E-state index >= 15 is 0 Å². The lowest BCUT2D eigenvalue weighted by Crippen LogP contribution is -2.20. The molecular weight excluding hydrogens is 150 g/mol. The van der Waals surface area contributed by atoms with E-state index in [1.807, 2.05) is 0 Å². The zero-order chi connectivity index (χ0) is 8.97. The van der Waals surface area contributed by atoms with Crippen molar-refractivity contribution in [3.63, 3.8) is 0 Å². The maximum Gasteiger partial charge on any atom is 0.220 e. The third-order valence-corrected chi connectivity index (χ3v) is 2.91. The quantitative estimate of drug-likeness (QED) is 0.688. The molecular formula is C10H19NO. The summed E-state index contributed by atoms with van der Waals surface area (Å²) in [4.78, 5) is 10.8. The average Bonchev–Trinajstić information content (AvgIpc) is 2.48. The van der Waals surface area contributed by atoms with Crippen molar-refractivity contribution < 1.29 is 4.79 Å². The average molecular weight is 169 g/mol. The molecule has 1 fully saturated rings. The first kappa shape index (κ1) is 9.56. The molecule has 0 saturated heterocycles. The van der Waals surface area contributed by atoms with Gasteiger partial charge in [0.05, 0.1) is 0 Å². The Labute approximate surface area is 74.5 Å². The van der Waals surface area contributed by atoms with Crippen molar-refractivity contribution in [3.05, 3.63) is 0 Å². The van der Waals surface area contributed by atoms with E-state index in [1.165, 1.54) is 25.7 Å². The van der Waals surface area contributed by atoms with Gasteiger partial charge in [-0.15, -0.1) is 0 Å². The van der Waals surface area contributed by atoms with Gasteiger partial charge in [-0.1, -0.05) is 26.2 Å². The SMILES string of the molecule is CCCCC1CCC(C(N)=O)C1. The van der Waals surface area contributed by atoms with Crippen LogP contribution in [0.5, 0.6) is 0 Å². The molecule has 70 valence electrons. The number of hydrogen-bond acceptors (Lipinski definition) is 1. The smallest absolute Gasteiger partial charge is 0.220 e. The molecule has 1 aliphatic carbocycles. The zero-order valence-electron chi connectivity index (χ0n) is 7.88. The molecule has 0 aromatic carbocycles. The van der Waals surface area contributed by atoms with Crippen LogP contribution in [-0.4, -0.2) is 5.91 Å². The predicted molar refractivity (Wildman–Crippen MR) is 49.6 cm³/mol. The Hall–Kier alpha value is -0.530. The van der Waals surface area contributed by atoms with Gasteiger partial charge in [0.25, 0.3) is 0 Å². The van der Waals surface area contributed by atoms with E-state index in [2.05, 4.69) is 6.92 Å². The number of carbonyl (C=O) groups is 1. The number of primary amides is 1. The molecule has 0 heterocycles. The highest BCUT2D eigenvalue weighted by Crippen LogP contribution is 2.33. The second-order valence-corrected chi connectivity index (χ2v) is 3.92. The topological polar surface area (TPSA) is 43.1 Å². The number of nitrogens with two attached hydrogens (primary N) is 1. The summed E-state index contributed by atoms with van der Waals surface area (Å²) in [6.45, 7) is 2.21. The van der Waals surface area contributed by atoms with Crippen LogP contribution in [0.15, 0.2) is 0 Å². The van der Waals surface area contributed by atoms with Crippen molar-refractivity contribution in [1.29, 1.82) is 0 Å². The van der Waals surface area contributed by atoms with E-state index in [9.17, 15) is 4.79 Å². The molecule has 2 N–H and O–H groups in total. The van der Waals surface area contributed by atoms with E-state index in [1.54, 1.807) is 0 Å². The van der Waals surface area contributed by atoms with E-state index in [-0.39, 0.29) is 11.8 Å². The molecule has 0 radical (unpaired) electrons. The molecule has 2 atom stereocenters. The first-order valence-electron chi connectivity index (χ1n) is 5.03. The third kappa shape index (κ3) is 2.50. The van der Waals surface area contributed by atoms with Gasteiger partial charge in [0.2, 0.25) is 5.91 Å². The minimum atomic E-state index is -0.0889. The van der Waals surface area contributed by atoms with Crippen LogP contribution in [0.3, 0.4) is 0 Å². The van der Waals surface area contributed by atoms with Gasteiger partial charge in [-0.3, -0.25) is 4.79 Å². The van der Waals surface area contributed by atoms with Crippen molar-refractivity contribution in [2.45, 2.75) is 45.4 Å². The van der Waals surface area contributed by atoms with Gasteiger partial charge in [0.1, 0.15) is 0 Å². The summed E-state index contributed by atoms with van der Waals surface area (Å²) < 4.78 is 0. The van der Waals surface area contributed by atoms with Gasteiger partial charge in [-0.2, -0.15) is 0 Å². The summed E-state index contributed by atoms with van der Waals surface area (Å²) in [5.74, 6) is 0.878. The minimum absolute atomic E-state index is 0.0889. The standard InChI is InChI=1S/C10H19NO/c1-2-3-4-8-5-6-9(7-8)10(11)12/h8-9H,2-7H2,1H3,(H2,11,12). The van der Waals surface area contributed by atoms with Crippen molar-refractivity contribution in [1.82, 2.24) is 0 Å². The molecule has 0 spiro atoms. The molecule has 1 rings (SSSR count). The van der Waals surface area contributed by atoms with Crippen molar-refractivity contribution in [2.75, 3.05) is 0 Å². The van der Waals surface area contributed by atoms with Crippen LogP contribution in [0.1, 0.15) is 45.4 Å². The summed E-state index contributed by atoms with van der Waals surface area (Å²) in [7, 11) is 0. The number of carbonyl (C=O) groups excluding carboxylic acids is 1.